The van der Waals surface area contributed by atoms with Crippen LogP contribution in [0.4, 0.5) is 18.9 Å². The number of carbonyl (C=O) groups is 1. The zero-order chi connectivity index (χ0) is 25.4. The molecular weight excluding hydrogens is 507 g/mol. The minimum Gasteiger partial charge on any atom is -0.325 e. The Morgan fingerprint density at radius 1 is 1.17 bits per heavy atom. The molecule has 2 aromatic heterocycles. The van der Waals surface area contributed by atoms with E-state index < -0.39 is 17.6 Å². The van der Waals surface area contributed by atoms with Gasteiger partial charge < -0.3 is 5.32 Å². The summed E-state index contributed by atoms with van der Waals surface area (Å²) in [5.41, 5.74) is 1.08. The first-order valence-electron chi connectivity index (χ1n) is 11.4. The van der Waals surface area contributed by atoms with Gasteiger partial charge in [0.05, 0.1) is 22.4 Å². The third-order valence-corrected chi connectivity index (χ3v) is 8.23. The van der Waals surface area contributed by atoms with Gasteiger partial charge in [0.1, 0.15) is 4.83 Å². The number of alkyl halides is 3. The van der Waals surface area contributed by atoms with Gasteiger partial charge in [-0.25, -0.2) is 4.98 Å². The Bertz CT molecular complexity index is 1480. The first kappa shape index (κ1) is 24.6. The molecule has 1 atom stereocenters. The Labute approximate surface area is 213 Å². The molecule has 5 nitrogen and oxygen atoms in total. The number of halogens is 3. The van der Waals surface area contributed by atoms with Crippen LogP contribution in [0.25, 0.3) is 15.9 Å². The lowest BCUT2D eigenvalue weighted by Gasteiger charge is -2.17. The van der Waals surface area contributed by atoms with Gasteiger partial charge in [-0.3, -0.25) is 14.2 Å². The molecule has 5 rings (SSSR count). The monoisotopic (exact) mass is 529 g/mol. The molecule has 1 aliphatic carbocycles. The van der Waals surface area contributed by atoms with Crippen LogP contribution in [-0.4, -0.2) is 21.2 Å². The average molecular weight is 530 g/mol. The number of benzene rings is 2. The van der Waals surface area contributed by atoms with Crippen molar-refractivity contribution < 1.29 is 18.0 Å². The molecule has 186 valence electrons. The molecule has 0 unspecified atom stereocenters. The summed E-state index contributed by atoms with van der Waals surface area (Å²) >= 11 is 2.66. The van der Waals surface area contributed by atoms with Gasteiger partial charge in [-0.2, -0.15) is 13.2 Å². The number of anilines is 1. The molecule has 36 heavy (non-hydrogen) atoms. The Balaban J connectivity index is 1.44. The fraction of sp³-hybridized carbons (Fsp3) is 0.269. The molecule has 1 aliphatic rings. The molecule has 0 fully saturated rings. The second-order valence-electron chi connectivity index (χ2n) is 8.81. The van der Waals surface area contributed by atoms with Gasteiger partial charge >= 0.3 is 6.18 Å². The number of fused-ring (bicyclic) bond motifs is 3. The van der Waals surface area contributed by atoms with Gasteiger partial charge in [0.25, 0.3) is 5.56 Å². The van der Waals surface area contributed by atoms with E-state index in [2.05, 4.69) is 12.2 Å². The molecule has 0 bridgehead atoms. The summed E-state index contributed by atoms with van der Waals surface area (Å²) < 4.78 is 39.9. The van der Waals surface area contributed by atoms with Gasteiger partial charge in [-0.05, 0) is 67.1 Å². The van der Waals surface area contributed by atoms with E-state index in [1.165, 1.54) is 17.0 Å². The number of hydrogen-bond donors (Lipinski definition) is 1. The maximum Gasteiger partial charge on any atom is 0.416 e. The Kier molecular flexibility index (Phi) is 6.65. The smallest absolute Gasteiger partial charge is 0.325 e. The van der Waals surface area contributed by atoms with E-state index in [1.54, 1.807) is 15.9 Å². The number of nitrogens with one attached hydrogen (secondary N) is 1. The first-order chi connectivity index (χ1) is 17.2. The maximum atomic E-state index is 13.7. The van der Waals surface area contributed by atoms with E-state index in [-0.39, 0.29) is 17.0 Å². The number of aromatic nitrogens is 2. The van der Waals surface area contributed by atoms with Gasteiger partial charge in [-0.15, -0.1) is 11.3 Å². The highest BCUT2D eigenvalue weighted by Crippen LogP contribution is 2.37. The van der Waals surface area contributed by atoms with Crippen LogP contribution in [0.1, 0.15) is 29.3 Å². The quantitative estimate of drug-likeness (QED) is 0.243. The lowest BCUT2D eigenvalue weighted by atomic mass is 9.89. The number of hydrogen-bond acceptors (Lipinski definition) is 5. The van der Waals surface area contributed by atoms with Crippen molar-refractivity contribution in [1.82, 2.24) is 9.55 Å². The van der Waals surface area contributed by atoms with Crippen molar-refractivity contribution in [3.05, 3.63) is 81.0 Å². The minimum atomic E-state index is -4.44. The van der Waals surface area contributed by atoms with Gasteiger partial charge in [0, 0.05) is 10.6 Å². The average Bonchev–Trinajstić information content (AvgIpc) is 3.20. The van der Waals surface area contributed by atoms with Crippen LogP contribution >= 0.6 is 23.1 Å². The molecule has 2 aromatic carbocycles. The molecule has 10 heteroatoms. The number of thioether (sulfide) groups is 1. The van der Waals surface area contributed by atoms with Crippen molar-refractivity contribution in [2.24, 2.45) is 5.92 Å². The Hall–Kier alpha value is -3.11. The highest BCUT2D eigenvalue weighted by Gasteiger charge is 2.30. The fourth-order valence-corrected chi connectivity index (χ4v) is 6.58. The first-order valence-corrected chi connectivity index (χ1v) is 13.2. The molecule has 2 heterocycles. The van der Waals surface area contributed by atoms with E-state index in [0.717, 1.165) is 48.7 Å². The van der Waals surface area contributed by atoms with E-state index >= 15 is 0 Å². The number of aryl methyl sites for hydroxylation is 1. The number of para-hydroxylation sites is 1. The SMILES string of the molecule is C[C@@H]1CCc2c(sc3nc(SCC(=O)Nc4ccc(C(F)(F)F)cc4)n(-c4ccccc4)c(=O)c23)C1. The minimum absolute atomic E-state index is 0.0616. The van der Waals surface area contributed by atoms with Gasteiger partial charge in [-0.1, -0.05) is 36.9 Å². The van der Waals surface area contributed by atoms with Crippen molar-refractivity contribution >= 4 is 44.9 Å². The molecule has 0 radical (unpaired) electrons. The van der Waals surface area contributed by atoms with Crippen LogP contribution in [0.15, 0.2) is 64.5 Å². The number of carbonyl (C=O) groups excluding carboxylic acids is 1. The lowest BCUT2D eigenvalue weighted by Crippen LogP contribution is -2.23. The summed E-state index contributed by atoms with van der Waals surface area (Å²) in [4.78, 5) is 33.0. The topological polar surface area (TPSA) is 64.0 Å². The standard InChI is InChI=1S/C26H22F3N3O2S2/c1-15-7-12-19-20(13-15)36-23-22(19)24(34)32(18-5-3-2-4-6-18)25(31-23)35-14-21(33)30-17-10-8-16(9-11-17)26(27,28)29/h2-6,8-11,15H,7,12-14H2,1H3,(H,30,33)/t15-/m1/s1. The zero-order valence-corrected chi connectivity index (χ0v) is 20.9. The molecule has 0 aliphatic heterocycles. The third kappa shape index (κ3) is 4.92. The van der Waals surface area contributed by atoms with E-state index in [0.29, 0.717) is 27.0 Å². The molecule has 4 aromatic rings. The van der Waals surface area contributed by atoms with Crippen molar-refractivity contribution in [3.63, 3.8) is 0 Å². The molecule has 0 saturated heterocycles. The van der Waals surface area contributed by atoms with Crippen molar-refractivity contribution in [2.45, 2.75) is 37.5 Å². The molecule has 0 spiro atoms. The predicted molar refractivity (Wildman–Crippen MR) is 137 cm³/mol. The summed E-state index contributed by atoms with van der Waals surface area (Å²) in [5, 5.41) is 3.66. The van der Waals surface area contributed by atoms with Crippen LogP contribution in [0.2, 0.25) is 0 Å². The summed E-state index contributed by atoms with van der Waals surface area (Å²) in [6, 6.07) is 13.4. The van der Waals surface area contributed by atoms with E-state index in [4.69, 9.17) is 4.98 Å². The molecule has 1 N–H and O–H groups in total. The van der Waals surface area contributed by atoms with E-state index in [1.807, 2.05) is 30.3 Å². The summed E-state index contributed by atoms with van der Waals surface area (Å²) in [5.74, 6) is 0.0890. The van der Waals surface area contributed by atoms with Crippen LogP contribution in [0, 0.1) is 5.92 Å². The van der Waals surface area contributed by atoms with Crippen molar-refractivity contribution in [2.75, 3.05) is 11.1 Å². The number of thiophene rings is 1. The summed E-state index contributed by atoms with van der Waals surface area (Å²) in [7, 11) is 0. The third-order valence-electron chi connectivity index (χ3n) is 6.14. The Morgan fingerprint density at radius 2 is 1.89 bits per heavy atom. The Morgan fingerprint density at radius 3 is 2.58 bits per heavy atom. The van der Waals surface area contributed by atoms with Crippen molar-refractivity contribution in [1.29, 1.82) is 0 Å². The lowest BCUT2D eigenvalue weighted by molar-refractivity contribution is -0.137. The van der Waals surface area contributed by atoms with Crippen LogP contribution in [0.3, 0.4) is 0 Å². The predicted octanol–water partition coefficient (Wildman–Crippen LogP) is 6.32. The van der Waals surface area contributed by atoms with Gasteiger partial charge in [0.2, 0.25) is 5.91 Å². The van der Waals surface area contributed by atoms with Crippen LogP contribution in [-0.2, 0) is 23.8 Å². The summed E-state index contributed by atoms with van der Waals surface area (Å²) in [6.07, 6.45) is -1.63. The second-order valence-corrected chi connectivity index (χ2v) is 10.8. The number of amides is 1. The highest BCUT2D eigenvalue weighted by atomic mass is 32.2. The normalized spacial score (nSPS) is 15.6. The maximum absolute atomic E-state index is 13.7. The van der Waals surface area contributed by atoms with Crippen LogP contribution < -0.4 is 10.9 Å². The number of rotatable bonds is 5. The molecule has 1 amide bonds. The fourth-order valence-electron chi connectivity index (χ4n) is 4.34. The van der Waals surface area contributed by atoms with Crippen molar-refractivity contribution in [3.8, 4) is 5.69 Å². The highest BCUT2D eigenvalue weighted by molar-refractivity contribution is 7.99. The van der Waals surface area contributed by atoms with E-state index in [9.17, 15) is 22.8 Å². The number of nitrogens with zero attached hydrogens (tertiary/aromatic N) is 2. The molecular formula is C26H22F3N3O2S2. The van der Waals surface area contributed by atoms with Crippen LogP contribution in [0.5, 0.6) is 0 Å². The molecule has 0 saturated carbocycles. The summed E-state index contributed by atoms with van der Waals surface area (Å²) in [6.45, 7) is 2.21. The zero-order valence-electron chi connectivity index (χ0n) is 19.3. The second kappa shape index (κ2) is 9.74. The van der Waals surface area contributed by atoms with Gasteiger partial charge in [0.15, 0.2) is 5.16 Å². The largest absolute Gasteiger partial charge is 0.416 e.